The first-order valence-corrected chi connectivity index (χ1v) is 13.6. The van der Waals surface area contributed by atoms with Crippen molar-refractivity contribution in [3.63, 3.8) is 0 Å². The molecule has 1 saturated heterocycles. The van der Waals surface area contributed by atoms with E-state index in [4.69, 9.17) is 9.57 Å². The first kappa shape index (κ1) is 27.7. The molecule has 6 nitrogen and oxygen atoms in total. The zero-order chi connectivity index (χ0) is 26.2. The van der Waals surface area contributed by atoms with Crippen LogP contribution in [0.25, 0.3) is 10.9 Å². The van der Waals surface area contributed by atoms with Crippen molar-refractivity contribution >= 4 is 22.7 Å². The predicted molar refractivity (Wildman–Crippen MR) is 143 cm³/mol. The highest BCUT2D eigenvalue weighted by Crippen LogP contribution is 2.34. The van der Waals surface area contributed by atoms with Crippen LogP contribution in [0.4, 0.5) is 8.78 Å². The molecular formula is C28H35F2N3O3S. The SMILES string of the molecule is CONC(CC[C@@H]1CCN(CCSc2cc(F)ccc2F)C[C@@H]1CO)c1ccnc2ccc(OC)cc12. The van der Waals surface area contributed by atoms with E-state index in [1.165, 1.54) is 23.9 Å². The number of nitrogens with zero attached hydrogens (tertiary/aromatic N) is 2. The van der Waals surface area contributed by atoms with Crippen molar-refractivity contribution in [3.05, 3.63) is 65.9 Å². The molecule has 3 atom stereocenters. The minimum Gasteiger partial charge on any atom is -0.497 e. The van der Waals surface area contributed by atoms with Crippen LogP contribution in [0.3, 0.4) is 0 Å². The largest absolute Gasteiger partial charge is 0.497 e. The summed E-state index contributed by atoms with van der Waals surface area (Å²) >= 11 is 1.33. The molecule has 3 aromatic rings. The fraction of sp³-hybridized carbons (Fsp3) is 0.464. The maximum atomic E-state index is 13.9. The third-order valence-corrected chi connectivity index (χ3v) is 8.22. The summed E-state index contributed by atoms with van der Waals surface area (Å²) in [5.74, 6) is 1.19. The minimum atomic E-state index is -0.426. The van der Waals surface area contributed by atoms with Gasteiger partial charge >= 0.3 is 0 Å². The van der Waals surface area contributed by atoms with Crippen LogP contribution in [0.5, 0.6) is 5.75 Å². The summed E-state index contributed by atoms with van der Waals surface area (Å²) in [6.07, 6.45) is 4.59. The second-order valence-electron chi connectivity index (χ2n) is 9.45. The van der Waals surface area contributed by atoms with Crippen molar-refractivity contribution in [1.82, 2.24) is 15.4 Å². The van der Waals surface area contributed by atoms with Gasteiger partial charge in [-0.15, -0.1) is 11.8 Å². The van der Waals surface area contributed by atoms with E-state index < -0.39 is 11.6 Å². The third kappa shape index (κ3) is 7.18. The van der Waals surface area contributed by atoms with E-state index in [-0.39, 0.29) is 18.6 Å². The summed E-state index contributed by atoms with van der Waals surface area (Å²) in [6.45, 7) is 2.61. The molecule has 1 aromatic heterocycles. The number of hydrogen-bond donors (Lipinski definition) is 2. The molecule has 200 valence electrons. The summed E-state index contributed by atoms with van der Waals surface area (Å²) in [7, 11) is 3.28. The Hall–Kier alpha value is -2.30. The van der Waals surface area contributed by atoms with Crippen molar-refractivity contribution in [2.24, 2.45) is 11.8 Å². The molecule has 1 fully saturated rings. The second-order valence-corrected chi connectivity index (χ2v) is 10.6. The number of ether oxygens (including phenoxy) is 1. The number of aliphatic hydroxyl groups excluding tert-OH is 1. The average molecular weight is 532 g/mol. The zero-order valence-electron chi connectivity index (χ0n) is 21.3. The van der Waals surface area contributed by atoms with E-state index in [9.17, 15) is 13.9 Å². The van der Waals surface area contributed by atoms with E-state index in [2.05, 4.69) is 15.4 Å². The Morgan fingerprint density at radius 2 is 2.03 bits per heavy atom. The van der Waals surface area contributed by atoms with Gasteiger partial charge in [-0.05, 0) is 85.7 Å². The smallest absolute Gasteiger partial charge is 0.136 e. The number of rotatable bonds is 12. The number of likely N-dealkylation sites (tertiary alicyclic amines) is 1. The Kier molecular flexibility index (Phi) is 10.1. The number of methoxy groups -OCH3 is 1. The molecule has 2 heterocycles. The van der Waals surface area contributed by atoms with E-state index in [0.29, 0.717) is 16.6 Å². The van der Waals surface area contributed by atoms with E-state index in [0.717, 1.165) is 67.2 Å². The number of aliphatic hydroxyl groups is 1. The molecule has 0 saturated carbocycles. The van der Waals surface area contributed by atoms with Gasteiger partial charge in [0, 0.05) is 41.9 Å². The Balaban J connectivity index is 1.35. The van der Waals surface area contributed by atoms with Gasteiger partial charge in [0.25, 0.3) is 0 Å². The lowest BCUT2D eigenvalue weighted by Gasteiger charge is -2.38. The summed E-state index contributed by atoms with van der Waals surface area (Å²) in [4.78, 5) is 12.5. The summed E-state index contributed by atoms with van der Waals surface area (Å²) < 4.78 is 32.8. The number of piperidine rings is 1. The fourth-order valence-corrected chi connectivity index (χ4v) is 6.17. The highest BCUT2D eigenvalue weighted by Gasteiger charge is 2.29. The van der Waals surface area contributed by atoms with Gasteiger partial charge in [-0.3, -0.25) is 4.98 Å². The summed E-state index contributed by atoms with van der Waals surface area (Å²) in [5, 5.41) is 11.2. The van der Waals surface area contributed by atoms with Crippen molar-refractivity contribution in [2.45, 2.75) is 30.2 Å². The van der Waals surface area contributed by atoms with E-state index in [1.54, 1.807) is 14.2 Å². The second kappa shape index (κ2) is 13.5. The first-order valence-electron chi connectivity index (χ1n) is 12.6. The highest BCUT2D eigenvalue weighted by molar-refractivity contribution is 7.99. The van der Waals surface area contributed by atoms with E-state index >= 15 is 0 Å². The summed E-state index contributed by atoms with van der Waals surface area (Å²) in [5.41, 5.74) is 5.16. The van der Waals surface area contributed by atoms with Crippen LogP contribution in [-0.2, 0) is 4.84 Å². The lowest BCUT2D eigenvalue weighted by atomic mass is 9.81. The number of thioether (sulfide) groups is 1. The lowest BCUT2D eigenvalue weighted by molar-refractivity contribution is 0.0434. The first-order chi connectivity index (χ1) is 18.0. The number of hydroxylamine groups is 1. The minimum absolute atomic E-state index is 0.0301. The molecule has 1 unspecified atom stereocenters. The number of nitrogens with one attached hydrogen (secondary N) is 1. The number of fused-ring (bicyclic) bond motifs is 1. The Morgan fingerprint density at radius 1 is 1.16 bits per heavy atom. The normalized spacial score (nSPS) is 19.3. The van der Waals surface area contributed by atoms with Crippen LogP contribution in [0.15, 0.2) is 53.6 Å². The molecule has 1 aliphatic heterocycles. The van der Waals surface area contributed by atoms with Gasteiger partial charge in [-0.25, -0.2) is 8.78 Å². The van der Waals surface area contributed by atoms with Gasteiger partial charge in [0.15, 0.2) is 0 Å². The highest BCUT2D eigenvalue weighted by atomic mass is 32.2. The van der Waals surface area contributed by atoms with Gasteiger partial charge in [0.05, 0.1) is 25.8 Å². The van der Waals surface area contributed by atoms with Crippen LogP contribution < -0.4 is 10.2 Å². The van der Waals surface area contributed by atoms with Crippen LogP contribution in [0.2, 0.25) is 0 Å². The standard InChI is InChI=1S/C28H35F2N3O3S/c1-35-22-5-8-26-24(16-22)23(9-11-31-26)27(32-36-2)7-3-19-10-12-33(17-20(19)18-34)13-14-37-28-15-21(29)4-6-25(28)30/h4-6,8-9,11,15-16,19-20,27,32,34H,3,7,10,12-14,17-18H2,1-2H3/t19-,20-,27?/m1/s1. The Bertz CT molecular complexity index is 1170. The molecule has 9 heteroatoms. The van der Waals surface area contributed by atoms with Gasteiger partial charge in [-0.2, -0.15) is 5.48 Å². The molecule has 0 radical (unpaired) electrons. The maximum Gasteiger partial charge on any atom is 0.136 e. The van der Waals surface area contributed by atoms with E-state index in [1.807, 2.05) is 30.5 Å². The molecule has 0 spiro atoms. The quantitative estimate of drug-likeness (QED) is 0.246. The topological polar surface area (TPSA) is 66.9 Å². The van der Waals surface area contributed by atoms with Crippen LogP contribution in [-0.4, -0.2) is 61.2 Å². The molecule has 2 aromatic carbocycles. The Morgan fingerprint density at radius 3 is 2.81 bits per heavy atom. The molecule has 1 aliphatic rings. The number of benzene rings is 2. The molecule has 37 heavy (non-hydrogen) atoms. The molecule has 4 rings (SSSR count). The molecule has 0 aliphatic carbocycles. The van der Waals surface area contributed by atoms with Crippen LogP contribution in [0, 0.1) is 23.5 Å². The van der Waals surface area contributed by atoms with Crippen molar-refractivity contribution < 1.29 is 23.5 Å². The average Bonchev–Trinajstić information content (AvgIpc) is 2.92. The molecule has 0 bridgehead atoms. The molecule has 0 amide bonds. The van der Waals surface area contributed by atoms with Crippen molar-refractivity contribution in [1.29, 1.82) is 0 Å². The van der Waals surface area contributed by atoms with Gasteiger partial charge < -0.3 is 19.6 Å². The van der Waals surface area contributed by atoms with Gasteiger partial charge in [0.1, 0.15) is 17.4 Å². The van der Waals surface area contributed by atoms with Crippen LogP contribution in [0.1, 0.15) is 30.9 Å². The predicted octanol–water partition coefficient (Wildman–Crippen LogP) is 5.22. The van der Waals surface area contributed by atoms with Crippen molar-refractivity contribution in [3.8, 4) is 5.75 Å². The Labute approximate surface area is 221 Å². The van der Waals surface area contributed by atoms with Gasteiger partial charge in [-0.1, -0.05) is 0 Å². The summed E-state index contributed by atoms with van der Waals surface area (Å²) in [6, 6.07) is 11.4. The fourth-order valence-electron chi connectivity index (χ4n) is 5.20. The molecule has 2 N–H and O–H groups in total. The van der Waals surface area contributed by atoms with Gasteiger partial charge in [0.2, 0.25) is 0 Å². The van der Waals surface area contributed by atoms with Crippen molar-refractivity contribution in [2.75, 3.05) is 46.2 Å². The third-order valence-electron chi connectivity index (χ3n) is 7.21. The number of aromatic nitrogens is 1. The molecular weight excluding hydrogens is 496 g/mol. The number of pyridine rings is 1. The van der Waals surface area contributed by atoms with Crippen LogP contribution >= 0.6 is 11.8 Å². The zero-order valence-corrected chi connectivity index (χ0v) is 22.1. The maximum absolute atomic E-state index is 13.9. The lowest BCUT2D eigenvalue weighted by Crippen LogP contribution is -2.43. The number of halogens is 2. The monoisotopic (exact) mass is 531 g/mol. The number of hydrogen-bond acceptors (Lipinski definition) is 7.